The molecule has 0 aliphatic rings. The summed E-state index contributed by atoms with van der Waals surface area (Å²) >= 11 is 0. The highest BCUT2D eigenvalue weighted by molar-refractivity contribution is 6.17. The van der Waals surface area contributed by atoms with Gasteiger partial charge in [0.05, 0.1) is 10.9 Å². The normalized spacial score (nSPS) is 11.2. The highest BCUT2D eigenvalue weighted by atomic mass is 16.3. The standard InChI is InChI=1S/C27H16N4O/c28-15-21-25-24-20(19-8-4-5-9-23(19)32-27(24)31-26(21)29)14-22(30-25)18-12-10-17(11-13-18)16-6-2-1-3-7-16/h1-14,29-30H. The summed E-state index contributed by atoms with van der Waals surface area (Å²) in [4.78, 5) is 7.63. The second kappa shape index (κ2) is 6.93. The van der Waals surface area contributed by atoms with E-state index in [1.54, 1.807) is 0 Å². The van der Waals surface area contributed by atoms with E-state index in [-0.39, 0.29) is 11.1 Å². The van der Waals surface area contributed by atoms with E-state index in [4.69, 9.17) is 9.83 Å². The molecule has 150 valence electrons. The lowest BCUT2D eigenvalue weighted by molar-refractivity contribution is 0.643. The van der Waals surface area contributed by atoms with Gasteiger partial charge in [-0.25, -0.2) is 0 Å². The molecule has 6 aromatic rings. The Balaban J connectivity index is 1.66. The van der Waals surface area contributed by atoms with Crippen LogP contribution in [0, 0.1) is 16.7 Å². The number of hydrogen-bond acceptors (Lipinski definition) is 4. The van der Waals surface area contributed by atoms with Crippen LogP contribution in [0.15, 0.2) is 89.3 Å². The maximum atomic E-state index is 9.74. The van der Waals surface area contributed by atoms with E-state index < -0.39 is 0 Å². The number of pyridine rings is 2. The molecule has 0 fully saturated rings. The topological polar surface area (TPSA) is 89.5 Å². The van der Waals surface area contributed by atoms with Gasteiger partial charge in [-0.3, -0.25) is 5.41 Å². The van der Waals surface area contributed by atoms with Crippen LogP contribution < -0.4 is 5.49 Å². The van der Waals surface area contributed by atoms with Gasteiger partial charge in [0, 0.05) is 16.5 Å². The first-order valence-corrected chi connectivity index (χ1v) is 10.2. The van der Waals surface area contributed by atoms with Crippen molar-refractivity contribution in [3.05, 3.63) is 96.0 Å². The zero-order chi connectivity index (χ0) is 21.7. The molecule has 0 aliphatic heterocycles. The number of para-hydroxylation sites is 1. The van der Waals surface area contributed by atoms with E-state index in [1.807, 2.05) is 42.5 Å². The van der Waals surface area contributed by atoms with E-state index >= 15 is 0 Å². The smallest absolute Gasteiger partial charge is 0.231 e. The zero-order valence-corrected chi connectivity index (χ0v) is 16.9. The molecular weight excluding hydrogens is 396 g/mol. The van der Waals surface area contributed by atoms with Crippen molar-refractivity contribution in [2.75, 3.05) is 0 Å². The number of rotatable bonds is 2. The average molecular weight is 412 g/mol. The first-order valence-electron chi connectivity index (χ1n) is 10.2. The summed E-state index contributed by atoms with van der Waals surface area (Å²) in [7, 11) is 0. The van der Waals surface area contributed by atoms with Gasteiger partial charge in [-0.15, -0.1) is 0 Å². The minimum atomic E-state index is -0.104. The summed E-state index contributed by atoms with van der Waals surface area (Å²) in [6, 6.07) is 30.5. The Morgan fingerprint density at radius 2 is 1.50 bits per heavy atom. The van der Waals surface area contributed by atoms with Crippen molar-refractivity contribution < 1.29 is 4.42 Å². The van der Waals surface area contributed by atoms with Crippen LogP contribution in [0.4, 0.5) is 0 Å². The minimum Gasteiger partial charge on any atom is -0.438 e. The molecule has 0 atom stereocenters. The maximum Gasteiger partial charge on any atom is 0.231 e. The van der Waals surface area contributed by atoms with Crippen molar-refractivity contribution >= 4 is 33.0 Å². The lowest BCUT2D eigenvalue weighted by Gasteiger charge is -2.13. The Hall–Kier alpha value is -4.69. The van der Waals surface area contributed by atoms with Crippen LogP contribution in [-0.2, 0) is 0 Å². The second-order valence-electron chi connectivity index (χ2n) is 7.64. The minimum absolute atomic E-state index is 0.104. The van der Waals surface area contributed by atoms with Crippen LogP contribution in [0.25, 0.3) is 55.4 Å². The quantitative estimate of drug-likeness (QED) is 0.264. The Morgan fingerprint density at radius 1 is 0.812 bits per heavy atom. The Bertz CT molecular complexity index is 1740. The number of aromatic nitrogens is 2. The molecule has 32 heavy (non-hydrogen) atoms. The predicted molar refractivity (Wildman–Crippen MR) is 125 cm³/mol. The van der Waals surface area contributed by atoms with Crippen molar-refractivity contribution in [3.8, 4) is 28.5 Å². The van der Waals surface area contributed by atoms with E-state index in [9.17, 15) is 5.26 Å². The van der Waals surface area contributed by atoms with Crippen molar-refractivity contribution in [1.82, 2.24) is 9.97 Å². The van der Waals surface area contributed by atoms with Crippen molar-refractivity contribution in [3.63, 3.8) is 0 Å². The molecule has 0 bridgehead atoms. The first-order chi connectivity index (χ1) is 15.7. The fourth-order valence-corrected chi connectivity index (χ4v) is 4.23. The number of aromatic amines is 1. The molecule has 3 aromatic carbocycles. The lowest BCUT2D eigenvalue weighted by Crippen LogP contribution is -2.12. The molecule has 0 saturated carbocycles. The van der Waals surface area contributed by atoms with E-state index in [2.05, 4.69) is 58.5 Å². The summed E-state index contributed by atoms with van der Waals surface area (Å²) in [5, 5.41) is 20.6. The van der Waals surface area contributed by atoms with Gasteiger partial charge < -0.3 is 9.40 Å². The number of hydrogen-bond donors (Lipinski definition) is 2. The average Bonchev–Trinajstić information content (AvgIpc) is 2.84. The first kappa shape index (κ1) is 18.1. The van der Waals surface area contributed by atoms with Crippen LogP contribution in [0.3, 0.4) is 0 Å². The number of nitriles is 1. The molecule has 3 heterocycles. The second-order valence-corrected chi connectivity index (χ2v) is 7.64. The SMILES string of the molecule is N#Cc1c(=N)nc2oc3ccccc3c3cc(-c4ccc(-c5ccccc5)cc4)[nH]c1c23. The lowest BCUT2D eigenvalue weighted by atomic mass is 9.99. The van der Waals surface area contributed by atoms with Gasteiger partial charge >= 0.3 is 0 Å². The van der Waals surface area contributed by atoms with E-state index in [0.29, 0.717) is 16.8 Å². The summed E-state index contributed by atoms with van der Waals surface area (Å²) in [6.45, 7) is 0. The Morgan fingerprint density at radius 3 is 2.28 bits per heavy atom. The van der Waals surface area contributed by atoms with Crippen molar-refractivity contribution in [1.29, 1.82) is 10.7 Å². The van der Waals surface area contributed by atoms with Crippen LogP contribution in [-0.4, -0.2) is 9.97 Å². The molecule has 0 spiro atoms. The summed E-state index contributed by atoms with van der Waals surface area (Å²) in [5.41, 5.74) is 5.84. The highest BCUT2D eigenvalue weighted by Crippen LogP contribution is 2.35. The Labute approximate surface area is 182 Å². The van der Waals surface area contributed by atoms with Gasteiger partial charge in [-0.05, 0) is 28.8 Å². The Kier molecular flexibility index (Phi) is 3.92. The van der Waals surface area contributed by atoms with Crippen LogP contribution >= 0.6 is 0 Å². The van der Waals surface area contributed by atoms with Crippen molar-refractivity contribution in [2.45, 2.75) is 0 Å². The molecule has 0 radical (unpaired) electrons. The number of benzene rings is 3. The van der Waals surface area contributed by atoms with E-state index in [0.717, 1.165) is 38.5 Å². The molecule has 3 aromatic heterocycles. The fraction of sp³-hybridized carbons (Fsp3) is 0. The summed E-state index contributed by atoms with van der Waals surface area (Å²) in [6.07, 6.45) is 0. The number of nitrogens with one attached hydrogen (secondary N) is 2. The molecular formula is C27H16N4O. The highest BCUT2D eigenvalue weighted by Gasteiger charge is 2.17. The van der Waals surface area contributed by atoms with Gasteiger partial charge in [0.15, 0.2) is 5.49 Å². The van der Waals surface area contributed by atoms with Gasteiger partial charge in [-0.2, -0.15) is 10.2 Å². The molecule has 0 aliphatic carbocycles. The summed E-state index contributed by atoms with van der Waals surface area (Å²) < 4.78 is 5.98. The molecule has 6 rings (SSSR count). The molecule has 5 heteroatoms. The molecule has 0 saturated heterocycles. The monoisotopic (exact) mass is 412 g/mol. The van der Waals surface area contributed by atoms with Gasteiger partial charge in [0.1, 0.15) is 17.2 Å². The molecule has 0 amide bonds. The zero-order valence-electron chi connectivity index (χ0n) is 16.9. The number of nitrogens with zero attached hydrogens (tertiary/aromatic N) is 2. The maximum absolute atomic E-state index is 9.74. The van der Waals surface area contributed by atoms with Crippen LogP contribution in [0.5, 0.6) is 0 Å². The predicted octanol–water partition coefficient (Wildman–Crippen LogP) is 6.15. The number of H-pyrrole nitrogens is 1. The van der Waals surface area contributed by atoms with Crippen molar-refractivity contribution in [2.24, 2.45) is 0 Å². The van der Waals surface area contributed by atoms with Gasteiger partial charge in [0.2, 0.25) is 5.71 Å². The van der Waals surface area contributed by atoms with Crippen LogP contribution in [0.1, 0.15) is 5.56 Å². The van der Waals surface area contributed by atoms with E-state index in [1.165, 1.54) is 0 Å². The molecule has 0 unspecified atom stereocenters. The summed E-state index contributed by atoms with van der Waals surface area (Å²) in [5.74, 6) is 0. The third-order valence-electron chi connectivity index (χ3n) is 5.78. The molecule has 2 N–H and O–H groups in total. The van der Waals surface area contributed by atoms with Crippen LogP contribution in [0.2, 0.25) is 0 Å². The fourth-order valence-electron chi connectivity index (χ4n) is 4.23. The third kappa shape index (κ3) is 2.71. The van der Waals surface area contributed by atoms with Gasteiger partial charge in [0.25, 0.3) is 0 Å². The third-order valence-corrected chi connectivity index (χ3v) is 5.78. The largest absolute Gasteiger partial charge is 0.438 e. The molecule has 5 nitrogen and oxygen atoms in total. The van der Waals surface area contributed by atoms with Gasteiger partial charge in [-0.1, -0.05) is 72.8 Å². The number of fused-ring (bicyclic) bond motifs is 2.